The van der Waals surface area contributed by atoms with E-state index < -0.39 is 11.6 Å². The van der Waals surface area contributed by atoms with Gasteiger partial charge < -0.3 is 10.2 Å². The minimum absolute atomic E-state index is 0.103. The normalized spacial score (nSPS) is 16.8. The Morgan fingerprint density at radius 2 is 1.86 bits per heavy atom. The van der Waals surface area contributed by atoms with Crippen molar-refractivity contribution in [1.82, 2.24) is 0 Å². The Balaban J connectivity index is 2.03. The third-order valence-electron chi connectivity index (χ3n) is 3.67. The average Bonchev–Trinajstić information content (AvgIpc) is 2.47. The van der Waals surface area contributed by atoms with Gasteiger partial charge in [-0.25, -0.2) is 8.78 Å². The molecular formula is C16H11BrF2O2. The fourth-order valence-electron chi connectivity index (χ4n) is 2.54. The molecule has 0 aliphatic heterocycles. The highest BCUT2D eigenvalue weighted by atomic mass is 79.9. The summed E-state index contributed by atoms with van der Waals surface area (Å²) in [6, 6.07) is 5.47. The highest BCUT2D eigenvalue weighted by Crippen LogP contribution is 2.40. The van der Waals surface area contributed by atoms with Gasteiger partial charge in [-0.15, -0.1) is 0 Å². The zero-order valence-corrected chi connectivity index (χ0v) is 12.4. The first-order valence-corrected chi connectivity index (χ1v) is 7.13. The molecule has 21 heavy (non-hydrogen) atoms. The third kappa shape index (κ3) is 2.42. The molecule has 1 aliphatic carbocycles. The van der Waals surface area contributed by atoms with E-state index in [0.29, 0.717) is 22.0 Å². The molecule has 0 amide bonds. The third-order valence-corrected chi connectivity index (χ3v) is 4.37. The van der Waals surface area contributed by atoms with Crippen LogP contribution < -0.4 is 0 Å². The van der Waals surface area contributed by atoms with E-state index in [0.717, 1.165) is 5.56 Å². The number of aromatic hydroxyl groups is 2. The smallest absolute Gasteiger partial charge is 0.166 e. The second-order valence-electron chi connectivity index (χ2n) is 4.96. The van der Waals surface area contributed by atoms with Crippen LogP contribution in [-0.2, 0) is 6.42 Å². The van der Waals surface area contributed by atoms with Crippen LogP contribution >= 0.6 is 15.9 Å². The van der Waals surface area contributed by atoms with E-state index in [9.17, 15) is 19.0 Å². The molecule has 2 nitrogen and oxygen atoms in total. The Kier molecular flexibility index (Phi) is 3.45. The van der Waals surface area contributed by atoms with Gasteiger partial charge in [0.05, 0.1) is 0 Å². The number of hydrogen-bond donors (Lipinski definition) is 2. The predicted octanol–water partition coefficient (Wildman–Crippen LogP) is 4.49. The zero-order valence-electron chi connectivity index (χ0n) is 10.8. The van der Waals surface area contributed by atoms with Gasteiger partial charge in [-0.3, -0.25) is 0 Å². The van der Waals surface area contributed by atoms with Crippen LogP contribution in [0.5, 0.6) is 11.5 Å². The highest BCUT2D eigenvalue weighted by Gasteiger charge is 2.22. The van der Waals surface area contributed by atoms with Crippen LogP contribution in [0.15, 0.2) is 34.8 Å². The second-order valence-corrected chi connectivity index (χ2v) is 5.82. The average molecular weight is 353 g/mol. The Morgan fingerprint density at radius 3 is 2.57 bits per heavy atom. The molecular weight excluding hydrogens is 342 g/mol. The monoisotopic (exact) mass is 352 g/mol. The van der Waals surface area contributed by atoms with Gasteiger partial charge in [-0.05, 0) is 35.7 Å². The molecule has 1 atom stereocenters. The van der Waals surface area contributed by atoms with Gasteiger partial charge in [-0.1, -0.05) is 34.1 Å². The Hall–Kier alpha value is -1.88. The highest BCUT2D eigenvalue weighted by molar-refractivity contribution is 9.10. The summed E-state index contributed by atoms with van der Waals surface area (Å²) in [5, 5.41) is 19.0. The van der Waals surface area contributed by atoms with E-state index in [1.807, 2.05) is 0 Å². The van der Waals surface area contributed by atoms with Crippen molar-refractivity contribution >= 4 is 22.0 Å². The van der Waals surface area contributed by atoms with Gasteiger partial charge in [0, 0.05) is 16.0 Å². The lowest BCUT2D eigenvalue weighted by atomic mass is 9.85. The van der Waals surface area contributed by atoms with Crippen molar-refractivity contribution in [1.29, 1.82) is 0 Å². The SMILES string of the molecule is Oc1ccc([C@@H]2C=Cc3c(O)c(F)cc(Br)c3C2)cc1F. The maximum Gasteiger partial charge on any atom is 0.166 e. The van der Waals surface area contributed by atoms with Crippen molar-refractivity contribution in [3.8, 4) is 11.5 Å². The van der Waals surface area contributed by atoms with Gasteiger partial charge in [0.1, 0.15) is 0 Å². The van der Waals surface area contributed by atoms with Crippen molar-refractivity contribution in [3.63, 3.8) is 0 Å². The zero-order chi connectivity index (χ0) is 15.1. The number of fused-ring (bicyclic) bond motifs is 1. The Labute approximate surface area is 128 Å². The minimum atomic E-state index is -0.681. The molecule has 0 aromatic heterocycles. The lowest BCUT2D eigenvalue weighted by Crippen LogP contribution is -2.07. The molecule has 3 rings (SSSR count). The van der Waals surface area contributed by atoms with Gasteiger partial charge in [0.2, 0.25) is 0 Å². The number of benzene rings is 2. The largest absolute Gasteiger partial charge is 0.505 e. The predicted molar refractivity (Wildman–Crippen MR) is 79.3 cm³/mol. The van der Waals surface area contributed by atoms with Crippen LogP contribution in [0.1, 0.15) is 22.6 Å². The van der Waals surface area contributed by atoms with Crippen molar-refractivity contribution in [3.05, 3.63) is 63.1 Å². The van der Waals surface area contributed by atoms with Gasteiger partial charge >= 0.3 is 0 Å². The van der Waals surface area contributed by atoms with E-state index in [-0.39, 0.29) is 17.4 Å². The van der Waals surface area contributed by atoms with Crippen molar-refractivity contribution in [2.45, 2.75) is 12.3 Å². The number of halogens is 3. The summed E-state index contributed by atoms with van der Waals surface area (Å²) < 4.78 is 27.5. The number of phenolic OH excluding ortho intramolecular Hbond substituents is 2. The van der Waals surface area contributed by atoms with Gasteiger partial charge in [0.25, 0.3) is 0 Å². The maximum absolute atomic E-state index is 13.5. The first kappa shape index (κ1) is 14.1. The molecule has 0 fully saturated rings. The van der Waals surface area contributed by atoms with E-state index in [4.69, 9.17) is 0 Å². The van der Waals surface area contributed by atoms with E-state index in [2.05, 4.69) is 15.9 Å². The lowest BCUT2D eigenvalue weighted by Gasteiger charge is -2.22. The summed E-state index contributed by atoms with van der Waals surface area (Å²) in [5.74, 6) is -2.22. The van der Waals surface area contributed by atoms with Crippen LogP contribution in [0.4, 0.5) is 8.78 Å². The van der Waals surface area contributed by atoms with Gasteiger partial charge in [0.15, 0.2) is 23.1 Å². The molecule has 2 aromatic carbocycles. The molecule has 5 heteroatoms. The summed E-state index contributed by atoms with van der Waals surface area (Å²) in [6.07, 6.45) is 3.93. The number of allylic oxidation sites excluding steroid dienone is 1. The number of phenols is 2. The molecule has 0 bridgehead atoms. The van der Waals surface area contributed by atoms with Crippen LogP contribution in [0, 0.1) is 11.6 Å². The Bertz CT molecular complexity index is 756. The second kappa shape index (κ2) is 5.15. The fraction of sp³-hybridized carbons (Fsp3) is 0.125. The maximum atomic E-state index is 13.5. The van der Waals surface area contributed by atoms with Gasteiger partial charge in [-0.2, -0.15) is 0 Å². The molecule has 2 aromatic rings. The van der Waals surface area contributed by atoms with Crippen molar-refractivity contribution in [2.24, 2.45) is 0 Å². The fourth-order valence-corrected chi connectivity index (χ4v) is 3.11. The van der Waals surface area contributed by atoms with Crippen LogP contribution in [0.3, 0.4) is 0 Å². The Morgan fingerprint density at radius 1 is 1.10 bits per heavy atom. The first-order chi connectivity index (χ1) is 9.97. The topological polar surface area (TPSA) is 40.5 Å². The number of rotatable bonds is 1. The van der Waals surface area contributed by atoms with Crippen molar-refractivity contribution < 1.29 is 19.0 Å². The lowest BCUT2D eigenvalue weighted by molar-refractivity contribution is 0.429. The molecule has 0 unspecified atom stereocenters. The first-order valence-electron chi connectivity index (χ1n) is 6.34. The summed E-state index contributed by atoms with van der Waals surface area (Å²) in [7, 11) is 0. The molecule has 0 spiro atoms. The molecule has 1 aliphatic rings. The molecule has 0 radical (unpaired) electrons. The van der Waals surface area contributed by atoms with Crippen LogP contribution in [-0.4, -0.2) is 10.2 Å². The summed E-state index contributed by atoms with van der Waals surface area (Å²) >= 11 is 3.29. The summed E-state index contributed by atoms with van der Waals surface area (Å²) in [6.45, 7) is 0. The van der Waals surface area contributed by atoms with Crippen LogP contribution in [0.25, 0.3) is 6.08 Å². The molecule has 108 valence electrons. The van der Waals surface area contributed by atoms with E-state index in [1.54, 1.807) is 18.2 Å². The molecule has 0 heterocycles. The standard InChI is InChI=1S/C16H11BrF2O2/c17-12-7-14(19)16(21)10-3-1-8(5-11(10)12)9-2-4-15(20)13(18)6-9/h1-4,6-8,20-21H,5H2/t8-/m1/s1. The molecule has 2 N–H and O–H groups in total. The van der Waals surface area contributed by atoms with Crippen LogP contribution in [0.2, 0.25) is 0 Å². The van der Waals surface area contributed by atoms with E-state index >= 15 is 0 Å². The molecule has 0 saturated carbocycles. The quantitative estimate of drug-likeness (QED) is 0.793. The molecule has 0 saturated heterocycles. The summed E-state index contributed by atoms with van der Waals surface area (Å²) in [5.41, 5.74) is 1.93. The minimum Gasteiger partial charge on any atom is -0.505 e. The van der Waals surface area contributed by atoms with Crippen molar-refractivity contribution in [2.75, 3.05) is 0 Å². The summed E-state index contributed by atoms with van der Waals surface area (Å²) in [4.78, 5) is 0. The number of hydrogen-bond acceptors (Lipinski definition) is 2. The van der Waals surface area contributed by atoms with E-state index in [1.165, 1.54) is 18.2 Å².